The fraction of sp³-hybridized carbons (Fsp3) is 0.778. The van der Waals surface area contributed by atoms with E-state index in [0.717, 1.165) is 18.8 Å². The monoisotopic (exact) mass is 248 g/mol. The molecule has 0 bridgehead atoms. The first kappa shape index (κ1) is 15.5. The molecule has 2 unspecified atom stereocenters. The molecule has 1 fully saturated rings. The molecule has 0 spiro atoms. The maximum absolute atomic E-state index is 2.49. The van der Waals surface area contributed by atoms with Crippen molar-refractivity contribution in [3.63, 3.8) is 0 Å². The lowest BCUT2D eigenvalue weighted by Crippen LogP contribution is -2.33. The van der Waals surface area contributed by atoms with Crippen LogP contribution in [0, 0.1) is 11.3 Å². The van der Waals surface area contributed by atoms with E-state index in [-0.39, 0.29) is 0 Å². The summed E-state index contributed by atoms with van der Waals surface area (Å²) in [6, 6.07) is 0. The number of hydrogen-bond donors (Lipinski definition) is 0. The van der Waals surface area contributed by atoms with E-state index in [9.17, 15) is 0 Å². The Bertz CT molecular complexity index is 280. The largest absolute Gasteiger partial charge is 0.0885 e. The van der Waals surface area contributed by atoms with Gasteiger partial charge in [0.1, 0.15) is 0 Å². The Morgan fingerprint density at radius 3 is 2.61 bits per heavy atom. The minimum atomic E-state index is 0.521. The molecule has 0 N–H and O–H groups in total. The van der Waals surface area contributed by atoms with Crippen molar-refractivity contribution in [3.05, 3.63) is 23.8 Å². The molecule has 0 nitrogen and oxygen atoms in total. The van der Waals surface area contributed by atoms with Gasteiger partial charge in [-0.3, -0.25) is 0 Å². The van der Waals surface area contributed by atoms with Crippen molar-refractivity contribution in [1.29, 1.82) is 0 Å². The second kappa shape index (κ2) is 7.81. The summed E-state index contributed by atoms with van der Waals surface area (Å²) in [7, 11) is 0. The standard InChI is InChI=1S/C18H32/c1-5-7-8-9-12-16(3)18(14-6-2)15-11-10-13-17(18)4/h7-8,12,17H,5-6,9-11,13-15H2,1-4H3/b8-7-,16-12?. The third kappa shape index (κ3) is 3.73. The highest BCUT2D eigenvalue weighted by Crippen LogP contribution is 2.49. The Kier molecular flexibility index (Phi) is 6.75. The summed E-state index contributed by atoms with van der Waals surface area (Å²) in [4.78, 5) is 0. The van der Waals surface area contributed by atoms with Gasteiger partial charge in [0, 0.05) is 0 Å². The summed E-state index contributed by atoms with van der Waals surface area (Å²) >= 11 is 0. The van der Waals surface area contributed by atoms with Gasteiger partial charge >= 0.3 is 0 Å². The number of rotatable bonds is 6. The van der Waals surface area contributed by atoms with E-state index in [1.54, 1.807) is 5.57 Å². The first-order valence-electron chi connectivity index (χ1n) is 7.99. The maximum Gasteiger partial charge on any atom is -0.00652 e. The predicted molar refractivity (Wildman–Crippen MR) is 82.8 cm³/mol. The van der Waals surface area contributed by atoms with Crippen LogP contribution in [0.5, 0.6) is 0 Å². The molecule has 0 heterocycles. The van der Waals surface area contributed by atoms with Crippen molar-refractivity contribution in [2.75, 3.05) is 0 Å². The Morgan fingerprint density at radius 1 is 1.22 bits per heavy atom. The fourth-order valence-corrected chi connectivity index (χ4v) is 3.73. The van der Waals surface area contributed by atoms with Crippen LogP contribution in [0.3, 0.4) is 0 Å². The molecular weight excluding hydrogens is 216 g/mol. The quantitative estimate of drug-likeness (QED) is 0.485. The molecule has 0 aromatic heterocycles. The summed E-state index contributed by atoms with van der Waals surface area (Å²) in [5.74, 6) is 0.873. The second-order valence-electron chi connectivity index (χ2n) is 6.06. The molecule has 0 radical (unpaired) electrons. The molecule has 104 valence electrons. The summed E-state index contributed by atoms with van der Waals surface area (Å²) < 4.78 is 0. The van der Waals surface area contributed by atoms with Crippen LogP contribution in [0.15, 0.2) is 23.8 Å². The van der Waals surface area contributed by atoms with Crippen molar-refractivity contribution in [3.8, 4) is 0 Å². The van der Waals surface area contributed by atoms with Crippen LogP contribution in [0.25, 0.3) is 0 Å². The molecule has 1 aliphatic rings. The molecule has 1 rings (SSSR count). The lowest BCUT2D eigenvalue weighted by Gasteiger charge is -2.44. The molecule has 1 aliphatic carbocycles. The minimum Gasteiger partial charge on any atom is -0.0885 e. The summed E-state index contributed by atoms with van der Waals surface area (Å²) in [6.07, 6.45) is 17.8. The Labute approximate surface area is 115 Å². The van der Waals surface area contributed by atoms with Crippen LogP contribution in [0.4, 0.5) is 0 Å². The molecule has 18 heavy (non-hydrogen) atoms. The van der Waals surface area contributed by atoms with Crippen molar-refractivity contribution in [2.45, 2.75) is 79.1 Å². The van der Waals surface area contributed by atoms with E-state index in [1.807, 2.05) is 0 Å². The first-order valence-corrected chi connectivity index (χ1v) is 7.99. The molecule has 0 amide bonds. The van der Waals surface area contributed by atoms with Crippen LogP contribution in [-0.4, -0.2) is 0 Å². The lowest BCUT2D eigenvalue weighted by atomic mass is 9.61. The van der Waals surface area contributed by atoms with E-state index in [1.165, 1.54) is 38.5 Å². The van der Waals surface area contributed by atoms with E-state index < -0.39 is 0 Å². The molecule has 2 atom stereocenters. The molecule has 0 aromatic carbocycles. The molecular formula is C18H32. The zero-order valence-corrected chi connectivity index (χ0v) is 13.0. The van der Waals surface area contributed by atoms with Crippen LogP contribution in [-0.2, 0) is 0 Å². The summed E-state index contributed by atoms with van der Waals surface area (Å²) in [5, 5.41) is 0. The van der Waals surface area contributed by atoms with Gasteiger partial charge in [0.15, 0.2) is 0 Å². The van der Waals surface area contributed by atoms with Crippen molar-refractivity contribution in [2.24, 2.45) is 11.3 Å². The number of hydrogen-bond acceptors (Lipinski definition) is 0. The third-order valence-corrected chi connectivity index (χ3v) is 4.90. The molecule has 0 saturated heterocycles. The van der Waals surface area contributed by atoms with Crippen molar-refractivity contribution >= 4 is 0 Å². The van der Waals surface area contributed by atoms with Gasteiger partial charge in [0.05, 0.1) is 0 Å². The average Bonchev–Trinajstić information content (AvgIpc) is 2.37. The van der Waals surface area contributed by atoms with E-state index in [2.05, 4.69) is 45.9 Å². The molecule has 0 aliphatic heterocycles. The van der Waals surface area contributed by atoms with Gasteiger partial charge in [-0.1, -0.05) is 63.8 Å². The van der Waals surface area contributed by atoms with Crippen LogP contribution >= 0.6 is 0 Å². The van der Waals surface area contributed by atoms with E-state index in [0.29, 0.717) is 5.41 Å². The lowest BCUT2D eigenvalue weighted by molar-refractivity contribution is 0.137. The van der Waals surface area contributed by atoms with Gasteiger partial charge < -0.3 is 0 Å². The zero-order chi connectivity index (χ0) is 13.4. The van der Waals surface area contributed by atoms with Gasteiger partial charge in [-0.15, -0.1) is 0 Å². The van der Waals surface area contributed by atoms with E-state index >= 15 is 0 Å². The second-order valence-corrected chi connectivity index (χ2v) is 6.06. The van der Waals surface area contributed by atoms with Crippen LogP contribution in [0.2, 0.25) is 0 Å². The highest BCUT2D eigenvalue weighted by molar-refractivity contribution is 5.16. The first-order chi connectivity index (χ1) is 8.67. The normalized spacial score (nSPS) is 30.0. The smallest absolute Gasteiger partial charge is 0.00652 e. The minimum absolute atomic E-state index is 0.521. The van der Waals surface area contributed by atoms with Gasteiger partial charge in [0.2, 0.25) is 0 Å². The highest BCUT2D eigenvalue weighted by atomic mass is 14.4. The third-order valence-electron chi connectivity index (χ3n) is 4.90. The fourth-order valence-electron chi connectivity index (χ4n) is 3.73. The van der Waals surface area contributed by atoms with Crippen molar-refractivity contribution < 1.29 is 0 Å². The SMILES string of the molecule is CC/C=C\CC=C(C)C1(CCC)CCCCC1C. The van der Waals surface area contributed by atoms with Crippen LogP contribution < -0.4 is 0 Å². The van der Waals surface area contributed by atoms with Crippen molar-refractivity contribution in [1.82, 2.24) is 0 Å². The van der Waals surface area contributed by atoms with E-state index in [4.69, 9.17) is 0 Å². The Hall–Kier alpha value is -0.520. The molecule has 0 heteroatoms. The Balaban J connectivity index is 2.78. The zero-order valence-electron chi connectivity index (χ0n) is 13.0. The molecule has 0 aromatic rings. The molecule has 1 saturated carbocycles. The van der Waals surface area contributed by atoms with Gasteiger partial charge in [-0.25, -0.2) is 0 Å². The van der Waals surface area contributed by atoms with Gasteiger partial charge in [-0.2, -0.15) is 0 Å². The maximum atomic E-state index is 2.49. The Morgan fingerprint density at radius 2 is 2.00 bits per heavy atom. The summed E-state index contributed by atoms with van der Waals surface area (Å²) in [6.45, 7) is 9.41. The number of allylic oxidation sites excluding steroid dienone is 4. The summed E-state index contributed by atoms with van der Waals surface area (Å²) in [5.41, 5.74) is 2.19. The van der Waals surface area contributed by atoms with Crippen LogP contribution in [0.1, 0.15) is 79.1 Å². The topological polar surface area (TPSA) is 0 Å². The highest BCUT2D eigenvalue weighted by Gasteiger charge is 2.38. The van der Waals surface area contributed by atoms with Gasteiger partial charge in [0.25, 0.3) is 0 Å². The van der Waals surface area contributed by atoms with Gasteiger partial charge in [-0.05, 0) is 50.4 Å². The average molecular weight is 248 g/mol. The predicted octanol–water partition coefficient (Wildman–Crippen LogP) is 6.29.